The second-order valence-electron chi connectivity index (χ2n) is 4.34. The van der Waals surface area contributed by atoms with Gasteiger partial charge in [0, 0.05) is 13.1 Å². The van der Waals surface area contributed by atoms with E-state index in [1.165, 1.54) is 18.5 Å². The van der Waals surface area contributed by atoms with Crippen LogP contribution in [0.3, 0.4) is 0 Å². The van der Waals surface area contributed by atoms with Crippen LogP contribution >= 0.6 is 0 Å². The Morgan fingerprint density at radius 1 is 1.14 bits per heavy atom. The van der Waals surface area contributed by atoms with Gasteiger partial charge in [0.05, 0.1) is 12.1 Å². The maximum absolute atomic E-state index is 12.6. The van der Waals surface area contributed by atoms with Crippen LogP contribution in [-0.4, -0.2) is 30.2 Å². The third kappa shape index (κ3) is 4.51. The number of hydrogen-bond acceptors (Lipinski definition) is 5. The van der Waals surface area contributed by atoms with Crippen molar-refractivity contribution >= 4 is 11.6 Å². The first-order valence-electron chi connectivity index (χ1n) is 6.53. The molecule has 0 saturated carbocycles. The zero-order valence-electron chi connectivity index (χ0n) is 11.8. The summed E-state index contributed by atoms with van der Waals surface area (Å²) in [6, 6.07) is 6.49. The number of benzene rings is 1. The van der Waals surface area contributed by atoms with Crippen molar-refractivity contribution in [3.8, 4) is 5.75 Å². The van der Waals surface area contributed by atoms with Crippen molar-refractivity contribution in [1.82, 2.24) is 9.97 Å². The molecule has 2 N–H and O–H groups in total. The summed E-state index contributed by atoms with van der Waals surface area (Å²) >= 11 is 0. The second-order valence-corrected chi connectivity index (χ2v) is 4.34. The van der Waals surface area contributed by atoms with Gasteiger partial charge >= 0.3 is 6.18 Å². The van der Waals surface area contributed by atoms with Gasteiger partial charge in [0.2, 0.25) is 0 Å². The van der Waals surface area contributed by atoms with Gasteiger partial charge in [-0.25, -0.2) is 9.97 Å². The Bertz CT molecular complexity index is 619. The van der Waals surface area contributed by atoms with Gasteiger partial charge in [-0.2, -0.15) is 13.2 Å². The van der Waals surface area contributed by atoms with Gasteiger partial charge in [-0.3, -0.25) is 0 Å². The average molecular weight is 312 g/mol. The summed E-state index contributed by atoms with van der Waals surface area (Å²) in [4.78, 5) is 7.98. The van der Waals surface area contributed by atoms with E-state index in [9.17, 15) is 13.2 Å². The molecular formula is C14H15F3N4O. The molecule has 8 heteroatoms. The predicted molar refractivity (Wildman–Crippen MR) is 77.0 cm³/mol. The molecule has 0 aliphatic carbocycles. The minimum atomic E-state index is -4.37. The first kappa shape index (κ1) is 15.9. The zero-order chi connectivity index (χ0) is 16.0. The van der Waals surface area contributed by atoms with Crippen LogP contribution in [0.15, 0.2) is 36.7 Å². The standard InChI is InChI=1S/C14H15F3N4O/c1-18-12-8-13(21-9-20-12)19-5-6-22-11-4-2-3-10(7-11)14(15,16)17/h2-4,7-9H,5-6H2,1H3,(H2,18,19,20,21). The van der Waals surface area contributed by atoms with E-state index >= 15 is 0 Å². The van der Waals surface area contributed by atoms with Gasteiger partial charge in [-0.15, -0.1) is 0 Å². The lowest BCUT2D eigenvalue weighted by Crippen LogP contribution is -2.13. The fraction of sp³-hybridized carbons (Fsp3) is 0.286. The number of rotatable bonds is 6. The summed E-state index contributed by atoms with van der Waals surface area (Å²) in [7, 11) is 1.74. The first-order valence-corrected chi connectivity index (χ1v) is 6.53. The normalized spacial score (nSPS) is 11.1. The summed E-state index contributed by atoms with van der Waals surface area (Å²) in [5.41, 5.74) is -0.729. The van der Waals surface area contributed by atoms with Crippen molar-refractivity contribution in [3.05, 3.63) is 42.2 Å². The molecule has 2 rings (SSSR count). The molecule has 0 amide bonds. The molecule has 0 aliphatic heterocycles. The lowest BCUT2D eigenvalue weighted by atomic mass is 10.2. The molecule has 0 unspecified atom stereocenters. The van der Waals surface area contributed by atoms with Crippen LogP contribution in [0.1, 0.15) is 5.56 Å². The minimum Gasteiger partial charge on any atom is -0.492 e. The van der Waals surface area contributed by atoms with Gasteiger partial charge < -0.3 is 15.4 Å². The molecule has 1 aromatic carbocycles. The lowest BCUT2D eigenvalue weighted by Gasteiger charge is -2.11. The SMILES string of the molecule is CNc1cc(NCCOc2cccc(C(F)(F)F)c2)ncn1. The maximum atomic E-state index is 12.6. The monoisotopic (exact) mass is 312 g/mol. The molecule has 0 bridgehead atoms. The largest absolute Gasteiger partial charge is 0.492 e. The van der Waals surface area contributed by atoms with Crippen molar-refractivity contribution < 1.29 is 17.9 Å². The summed E-state index contributed by atoms with van der Waals surface area (Å²) < 4.78 is 43.0. The molecule has 0 saturated heterocycles. The molecule has 0 radical (unpaired) electrons. The Labute approximate surface area is 125 Å². The number of halogens is 3. The lowest BCUT2D eigenvalue weighted by molar-refractivity contribution is -0.137. The van der Waals surface area contributed by atoms with Crippen molar-refractivity contribution in [1.29, 1.82) is 0 Å². The van der Waals surface area contributed by atoms with E-state index in [4.69, 9.17) is 4.74 Å². The highest BCUT2D eigenvalue weighted by Gasteiger charge is 2.30. The van der Waals surface area contributed by atoms with E-state index in [1.54, 1.807) is 13.1 Å². The molecule has 0 aliphatic rings. The Balaban J connectivity index is 1.84. The fourth-order valence-electron chi connectivity index (χ4n) is 1.70. The van der Waals surface area contributed by atoms with Gasteiger partial charge in [0.1, 0.15) is 30.3 Å². The maximum Gasteiger partial charge on any atom is 0.416 e. The van der Waals surface area contributed by atoms with Crippen molar-refractivity contribution in [2.24, 2.45) is 0 Å². The molecular weight excluding hydrogens is 297 g/mol. The Kier molecular flexibility index (Phi) is 5.03. The molecule has 2 aromatic rings. The zero-order valence-corrected chi connectivity index (χ0v) is 11.8. The van der Waals surface area contributed by atoms with Gasteiger partial charge in [-0.1, -0.05) is 6.07 Å². The molecule has 118 valence electrons. The van der Waals surface area contributed by atoms with Crippen molar-refractivity contribution in [3.63, 3.8) is 0 Å². The van der Waals surface area contributed by atoms with E-state index in [2.05, 4.69) is 20.6 Å². The Morgan fingerprint density at radius 3 is 2.64 bits per heavy atom. The number of aromatic nitrogens is 2. The summed E-state index contributed by atoms with van der Waals surface area (Å²) in [5.74, 6) is 1.44. The summed E-state index contributed by atoms with van der Waals surface area (Å²) in [6.07, 6.45) is -2.97. The fourth-order valence-corrected chi connectivity index (χ4v) is 1.70. The van der Waals surface area contributed by atoms with Crippen LogP contribution < -0.4 is 15.4 Å². The van der Waals surface area contributed by atoms with E-state index < -0.39 is 11.7 Å². The summed E-state index contributed by atoms with van der Waals surface area (Å²) in [6.45, 7) is 0.608. The topological polar surface area (TPSA) is 59.1 Å². The molecule has 5 nitrogen and oxygen atoms in total. The average Bonchev–Trinajstić information content (AvgIpc) is 2.51. The summed E-state index contributed by atoms with van der Waals surface area (Å²) in [5, 5.41) is 5.87. The van der Waals surface area contributed by atoms with Crippen molar-refractivity contribution in [2.75, 3.05) is 30.8 Å². The predicted octanol–water partition coefficient (Wildman–Crippen LogP) is 3.03. The molecule has 22 heavy (non-hydrogen) atoms. The number of nitrogens with one attached hydrogen (secondary N) is 2. The van der Waals surface area contributed by atoms with E-state index in [0.717, 1.165) is 12.1 Å². The molecule has 1 aromatic heterocycles. The van der Waals surface area contributed by atoms with Crippen LogP contribution in [0.2, 0.25) is 0 Å². The van der Waals surface area contributed by atoms with Crippen LogP contribution in [0.25, 0.3) is 0 Å². The van der Waals surface area contributed by atoms with Crippen LogP contribution in [-0.2, 0) is 6.18 Å². The van der Waals surface area contributed by atoms with E-state index in [-0.39, 0.29) is 12.4 Å². The minimum absolute atomic E-state index is 0.176. The quantitative estimate of drug-likeness (QED) is 0.803. The van der Waals surface area contributed by atoms with Crippen molar-refractivity contribution in [2.45, 2.75) is 6.18 Å². The highest BCUT2D eigenvalue weighted by atomic mass is 19.4. The second kappa shape index (κ2) is 6.97. The van der Waals surface area contributed by atoms with Gasteiger partial charge in [0.15, 0.2) is 0 Å². The third-order valence-corrected chi connectivity index (χ3v) is 2.76. The van der Waals surface area contributed by atoms with E-state index in [1.807, 2.05) is 0 Å². The highest BCUT2D eigenvalue weighted by Crippen LogP contribution is 2.31. The first-order chi connectivity index (χ1) is 10.5. The number of hydrogen-bond donors (Lipinski definition) is 2. The molecule has 0 atom stereocenters. The molecule has 0 spiro atoms. The number of ether oxygens (including phenoxy) is 1. The van der Waals surface area contributed by atoms with Gasteiger partial charge in [-0.05, 0) is 18.2 Å². The number of anilines is 2. The molecule has 1 heterocycles. The molecule has 0 fully saturated rings. The smallest absolute Gasteiger partial charge is 0.416 e. The number of nitrogens with zero attached hydrogens (tertiary/aromatic N) is 2. The highest BCUT2D eigenvalue weighted by molar-refractivity contribution is 5.45. The van der Waals surface area contributed by atoms with Crippen LogP contribution in [0, 0.1) is 0 Å². The third-order valence-electron chi connectivity index (χ3n) is 2.76. The van der Waals surface area contributed by atoms with Crippen LogP contribution in [0.4, 0.5) is 24.8 Å². The van der Waals surface area contributed by atoms with Gasteiger partial charge in [0.25, 0.3) is 0 Å². The Hall–Kier alpha value is -2.51. The van der Waals surface area contributed by atoms with E-state index in [0.29, 0.717) is 18.2 Å². The van der Waals surface area contributed by atoms with Crippen LogP contribution in [0.5, 0.6) is 5.75 Å². The number of alkyl halides is 3. The Morgan fingerprint density at radius 2 is 1.91 bits per heavy atom.